The zero-order chi connectivity index (χ0) is 29.9. The molecular weight excluding hydrogens is 508 g/mol. The first kappa shape index (κ1) is 40.1. The average Bonchev–Trinajstić information content (AvgIpc) is 2.98. The third-order valence-corrected chi connectivity index (χ3v) is 8.09. The Morgan fingerprint density at radius 2 is 0.951 bits per heavy atom. The molecule has 0 aromatic carbocycles. The topological polar surface area (TPSA) is 55.8 Å². The molecule has 0 bridgehead atoms. The summed E-state index contributed by atoms with van der Waals surface area (Å²) < 4.78 is 11.1. The molecule has 0 aliphatic heterocycles. The van der Waals surface area contributed by atoms with Crippen molar-refractivity contribution in [1.82, 2.24) is 0 Å². The number of esters is 1. The van der Waals surface area contributed by atoms with Crippen LogP contribution in [0.1, 0.15) is 194 Å². The molecule has 0 amide bonds. The van der Waals surface area contributed by atoms with Gasteiger partial charge in [-0.3, -0.25) is 4.79 Å². The van der Waals surface area contributed by atoms with E-state index in [1.807, 2.05) is 0 Å². The van der Waals surface area contributed by atoms with Gasteiger partial charge in [0.25, 0.3) is 0 Å². The fourth-order valence-electron chi connectivity index (χ4n) is 5.32. The highest BCUT2D eigenvalue weighted by atomic mass is 16.6. The predicted molar refractivity (Wildman–Crippen MR) is 178 cm³/mol. The zero-order valence-electron chi connectivity index (χ0n) is 27.8. The summed E-state index contributed by atoms with van der Waals surface area (Å²) in [4.78, 5) is 12.1. The SMILES string of the molecule is CCCCCC/C=C\CCCCCCCCOCC(CO)OC(=O)CCCCCCCCCCCCCCCCC. The fraction of sp³-hybridized carbons (Fsp3) is 0.919. The van der Waals surface area contributed by atoms with Crippen LogP contribution in [-0.4, -0.2) is 37.0 Å². The lowest BCUT2D eigenvalue weighted by atomic mass is 10.0. The minimum atomic E-state index is -0.529. The van der Waals surface area contributed by atoms with Gasteiger partial charge in [-0.1, -0.05) is 161 Å². The number of unbranched alkanes of at least 4 members (excludes halogenated alkanes) is 24. The van der Waals surface area contributed by atoms with E-state index in [2.05, 4.69) is 26.0 Å². The van der Waals surface area contributed by atoms with Crippen LogP contribution in [0.15, 0.2) is 12.2 Å². The van der Waals surface area contributed by atoms with Crippen LogP contribution in [0.3, 0.4) is 0 Å². The summed E-state index contributed by atoms with van der Waals surface area (Å²) in [6.07, 6.45) is 39.6. The van der Waals surface area contributed by atoms with Gasteiger partial charge in [-0.25, -0.2) is 0 Å². The standard InChI is InChI=1S/C37H72O4/c1-3-5-7-9-11-13-15-17-19-20-22-24-26-28-30-32-37(39)41-36(34-38)35-40-33-31-29-27-25-23-21-18-16-14-12-10-8-6-4-2/h14,16,36,38H,3-13,15,17-35H2,1-2H3/b16-14-. The van der Waals surface area contributed by atoms with Crippen LogP contribution in [-0.2, 0) is 14.3 Å². The third-order valence-electron chi connectivity index (χ3n) is 8.09. The van der Waals surface area contributed by atoms with Crippen molar-refractivity contribution in [2.45, 2.75) is 200 Å². The van der Waals surface area contributed by atoms with Crippen molar-refractivity contribution in [2.75, 3.05) is 19.8 Å². The highest BCUT2D eigenvalue weighted by Crippen LogP contribution is 2.14. The Kier molecular flexibility index (Phi) is 34.6. The summed E-state index contributed by atoms with van der Waals surface area (Å²) in [5, 5.41) is 9.54. The number of allylic oxidation sites excluding steroid dienone is 2. The normalized spacial score (nSPS) is 12.4. The molecule has 0 aliphatic carbocycles. The largest absolute Gasteiger partial charge is 0.457 e. The number of carbonyl (C=O) groups excluding carboxylic acids is 1. The molecule has 244 valence electrons. The van der Waals surface area contributed by atoms with E-state index in [4.69, 9.17) is 9.47 Å². The Bertz CT molecular complexity index is 533. The van der Waals surface area contributed by atoms with Crippen LogP contribution in [0.25, 0.3) is 0 Å². The van der Waals surface area contributed by atoms with Gasteiger partial charge < -0.3 is 14.6 Å². The van der Waals surface area contributed by atoms with Crippen LogP contribution in [0.2, 0.25) is 0 Å². The quantitative estimate of drug-likeness (QED) is 0.0467. The van der Waals surface area contributed by atoms with Crippen molar-refractivity contribution < 1.29 is 19.4 Å². The Morgan fingerprint density at radius 1 is 0.561 bits per heavy atom. The molecule has 0 fully saturated rings. The summed E-state index contributed by atoms with van der Waals surface area (Å²) in [5.41, 5.74) is 0. The number of rotatable bonds is 34. The first-order valence-electron chi connectivity index (χ1n) is 18.3. The first-order valence-corrected chi connectivity index (χ1v) is 18.3. The van der Waals surface area contributed by atoms with E-state index in [0.717, 1.165) is 19.3 Å². The van der Waals surface area contributed by atoms with E-state index < -0.39 is 6.10 Å². The summed E-state index contributed by atoms with van der Waals surface area (Å²) in [6.45, 7) is 5.34. The Labute approximate surface area is 256 Å². The molecule has 0 saturated heterocycles. The molecule has 41 heavy (non-hydrogen) atoms. The Hall–Kier alpha value is -0.870. The van der Waals surface area contributed by atoms with Gasteiger partial charge in [-0.2, -0.15) is 0 Å². The van der Waals surface area contributed by atoms with Crippen LogP contribution in [0.5, 0.6) is 0 Å². The van der Waals surface area contributed by atoms with Crippen molar-refractivity contribution in [3.63, 3.8) is 0 Å². The lowest BCUT2D eigenvalue weighted by Crippen LogP contribution is -2.27. The molecule has 1 unspecified atom stereocenters. The highest BCUT2D eigenvalue weighted by Gasteiger charge is 2.13. The molecule has 0 spiro atoms. The molecule has 0 aromatic heterocycles. The molecule has 0 saturated carbocycles. The van der Waals surface area contributed by atoms with Crippen molar-refractivity contribution >= 4 is 5.97 Å². The Balaban J connectivity index is 3.41. The molecule has 4 nitrogen and oxygen atoms in total. The van der Waals surface area contributed by atoms with Crippen LogP contribution >= 0.6 is 0 Å². The lowest BCUT2D eigenvalue weighted by Gasteiger charge is -2.15. The van der Waals surface area contributed by atoms with Crippen LogP contribution < -0.4 is 0 Å². The van der Waals surface area contributed by atoms with Crippen molar-refractivity contribution in [1.29, 1.82) is 0 Å². The second-order valence-corrected chi connectivity index (χ2v) is 12.3. The number of hydrogen-bond donors (Lipinski definition) is 1. The van der Waals surface area contributed by atoms with E-state index in [1.165, 1.54) is 154 Å². The predicted octanol–water partition coefficient (Wildman–Crippen LogP) is 11.4. The summed E-state index contributed by atoms with van der Waals surface area (Å²) >= 11 is 0. The minimum absolute atomic E-state index is 0.169. The first-order chi connectivity index (χ1) is 20.2. The van der Waals surface area contributed by atoms with Crippen LogP contribution in [0, 0.1) is 0 Å². The van der Waals surface area contributed by atoms with E-state index in [9.17, 15) is 9.90 Å². The van der Waals surface area contributed by atoms with Crippen molar-refractivity contribution in [3.8, 4) is 0 Å². The van der Waals surface area contributed by atoms with E-state index in [0.29, 0.717) is 19.6 Å². The maximum Gasteiger partial charge on any atom is 0.306 e. The molecule has 0 rings (SSSR count). The second-order valence-electron chi connectivity index (χ2n) is 12.3. The number of aliphatic hydroxyl groups excluding tert-OH is 1. The van der Waals surface area contributed by atoms with Gasteiger partial charge in [-0.15, -0.1) is 0 Å². The molecule has 4 heteroatoms. The number of ether oxygens (including phenoxy) is 2. The fourth-order valence-corrected chi connectivity index (χ4v) is 5.32. The smallest absolute Gasteiger partial charge is 0.306 e. The van der Waals surface area contributed by atoms with Crippen LogP contribution in [0.4, 0.5) is 0 Å². The number of aliphatic hydroxyl groups is 1. The maximum atomic E-state index is 12.1. The van der Waals surface area contributed by atoms with Gasteiger partial charge in [0.2, 0.25) is 0 Å². The van der Waals surface area contributed by atoms with E-state index >= 15 is 0 Å². The van der Waals surface area contributed by atoms with Crippen molar-refractivity contribution in [2.24, 2.45) is 0 Å². The zero-order valence-corrected chi connectivity index (χ0v) is 27.8. The summed E-state index contributed by atoms with van der Waals surface area (Å²) in [5.74, 6) is -0.200. The highest BCUT2D eigenvalue weighted by molar-refractivity contribution is 5.69. The van der Waals surface area contributed by atoms with Gasteiger partial charge in [0.1, 0.15) is 6.10 Å². The molecule has 0 aliphatic rings. The lowest BCUT2D eigenvalue weighted by molar-refractivity contribution is -0.154. The number of hydrogen-bond acceptors (Lipinski definition) is 4. The third kappa shape index (κ3) is 33.5. The average molecular weight is 581 g/mol. The second kappa shape index (κ2) is 35.3. The van der Waals surface area contributed by atoms with Gasteiger partial charge in [0.05, 0.1) is 13.2 Å². The van der Waals surface area contributed by atoms with E-state index in [-0.39, 0.29) is 12.6 Å². The van der Waals surface area contributed by atoms with Gasteiger partial charge in [0.15, 0.2) is 0 Å². The molecule has 1 N–H and O–H groups in total. The minimum Gasteiger partial charge on any atom is -0.457 e. The maximum absolute atomic E-state index is 12.1. The van der Waals surface area contributed by atoms with E-state index in [1.54, 1.807) is 0 Å². The molecule has 0 aromatic rings. The van der Waals surface area contributed by atoms with Gasteiger partial charge in [0, 0.05) is 13.0 Å². The summed E-state index contributed by atoms with van der Waals surface area (Å²) in [6, 6.07) is 0. The molecule has 1 atom stereocenters. The monoisotopic (exact) mass is 581 g/mol. The summed E-state index contributed by atoms with van der Waals surface area (Å²) in [7, 11) is 0. The molecular formula is C37H72O4. The van der Waals surface area contributed by atoms with Gasteiger partial charge in [-0.05, 0) is 38.5 Å². The Morgan fingerprint density at radius 3 is 1.41 bits per heavy atom. The van der Waals surface area contributed by atoms with Crippen molar-refractivity contribution in [3.05, 3.63) is 12.2 Å². The molecule has 0 radical (unpaired) electrons. The van der Waals surface area contributed by atoms with Gasteiger partial charge >= 0.3 is 5.97 Å². The molecule has 0 heterocycles. The number of carbonyl (C=O) groups is 1.